The lowest BCUT2D eigenvalue weighted by molar-refractivity contribution is -0.761. The normalized spacial score (nSPS) is 12.9. The lowest BCUT2D eigenvalue weighted by Gasteiger charge is -1.99. The minimum Gasteiger partial charge on any atom is -0.454 e. The average Bonchev–Trinajstić information content (AvgIpc) is 2.94. The third-order valence-electron chi connectivity index (χ3n) is 2.60. The van der Waals surface area contributed by atoms with Gasteiger partial charge < -0.3 is 9.47 Å². The molecule has 0 spiro atoms. The van der Waals surface area contributed by atoms with Crippen LogP contribution in [0.3, 0.4) is 0 Å². The first-order chi connectivity index (χ1) is 8.31. The van der Waals surface area contributed by atoms with Crippen LogP contribution in [0.5, 0.6) is 11.5 Å². The SMILES string of the molecule is O=c1c[n+](CCc2ccc3c(c2)OCO3)[nH]o1. The van der Waals surface area contributed by atoms with E-state index in [0.29, 0.717) is 6.54 Å². The van der Waals surface area contributed by atoms with Gasteiger partial charge in [0.1, 0.15) is 0 Å². The number of fused-ring (bicyclic) bond motifs is 1. The van der Waals surface area contributed by atoms with Crippen molar-refractivity contribution in [2.45, 2.75) is 13.0 Å². The van der Waals surface area contributed by atoms with E-state index in [4.69, 9.17) is 9.47 Å². The highest BCUT2D eigenvalue weighted by atomic mass is 16.7. The Hall–Kier alpha value is -2.24. The predicted octanol–water partition coefficient (Wildman–Crippen LogP) is 0.227. The van der Waals surface area contributed by atoms with Crippen LogP contribution >= 0.6 is 0 Å². The van der Waals surface area contributed by atoms with E-state index in [1.54, 1.807) is 4.68 Å². The maximum absolute atomic E-state index is 10.8. The number of nitrogens with zero attached hydrogens (tertiary/aromatic N) is 1. The molecule has 0 bridgehead atoms. The highest BCUT2D eigenvalue weighted by Crippen LogP contribution is 2.32. The van der Waals surface area contributed by atoms with E-state index < -0.39 is 0 Å². The van der Waals surface area contributed by atoms with Gasteiger partial charge in [-0.25, -0.2) is 4.79 Å². The Balaban J connectivity index is 1.71. The van der Waals surface area contributed by atoms with Gasteiger partial charge in [0.2, 0.25) is 6.79 Å². The number of aryl methyl sites for hydroxylation is 2. The molecule has 1 aromatic carbocycles. The van der Waals surface area contributed by atoms with E-state index in [1.165, 1.54) is 6.20 Å². The maximum Gasteiger partial charge on any atom is 0.426 e. The Morgan fingerprint density at radius 2 is 2.18 bits per heavy atom. The van der Waals surface area contributed by atoms with Crippen LogP contribution in [0.25, 0.3) is 0 Å². The van der Waals surface area contributed by atoms with Crippen molar-refractivity contribution in [2.75, 3.05) is 6.79 Å². The number of hydrogen-bond donors (Lipinski definition) is 1. The Morgan fingerprint density at radius 3 is 3.00 bits per heavy atom. The average molecular weight is 235 g/mol. The molecule has 0 saturated carbocycles. The van der Waals surface area contributed by atoms with Gasteiger partial charge in [-0.1, -0.05) is 10.7 Å². The molecule has 88 valence electrons. The molecule has 6 nitrogen and oxygen atoms in total. The van der Waals surface area contributed by atoms with Crippen molar-refractivity contribution in [3.05, 3.63) is 40.4 Å². The third kappa shape index (κ3) is 2.01. The lowest BCUT2D eigenvalue weighted by atomic mass is 10.1. The van der Waals surface area contributed by atoms with E-state index in [9.17, 15) is 4.79 Å². The van der Waals surface area contributed by atoms with Gasteiger partial charge in [0.05, 0.1) is 0 Å². The van der Waals surface area contributed by atoms with Gasteiger partial charge >= 0.3 is 5.63 Å². The summed E-state index contributed by atoms with van der Waals surface area (Å²) in [6.07, 6.45) is 2.16. The van der Waals surface area contributed by atoms with Crippen LogP contribution < -0.4 is 19.8 Å². The Morgan fingerprint density at radius 1 is 1.29 bits per heavy atom. The smallest absolute Gasteiger partial charge is 0.426 e. The number of benzene rings is 1. The van der Waals surface area contributed by atoms with Crippen LogP contribution in [-0.4, -0.2) is 12.1 Å². The highest BCUT2D eigenvalue weighted by Gasteiger charge is 2.14. The first kappa shape index (κ1) is 9.95. The van der Waals surface area contributed by atoms with Crippen molar-refractivity contribution >= 4 is 0 Å². The summed E-state index contributed by atoms with van der Waals surface area (Å²) in [6.45, 7) is 0.925. The molecule has 0 amide bonds. The van der Waals surface area contributed by atoms with Crippen molar-refractivity contribution in [1.29, 1.82) is 0 Å². The third-order valence-corrected chi connectivity index (χ3v) is 2.60. The second-order valence-electron chi connectivity index (χ2n) is 3.77. The summed E-state index contributed by atoms with van der Waals surface area (Å²) in [5.74, 6) is 1.55. The summed E-state index contributed by atoms with van der Waals surface area (Å²) in [7, 11) is 0. The van der Waals surface area contributed by atoms with E-state index in [2.05, 4.69) is 9.79 Å². The molecular formula is C11H11N2O4+. The Kier molecular flexibility index (Phi) is 2.32. The van der Waals surface area contributed by atoms with Gasteiger partial charge in [-0.05, 0) is 23.0 Å². The highest BCUT2D eigenvalue weighted by molar-refractivity contribution is 5.44. The molecule has 1 aliphatic heterocycles. The Labute approximate surface area is 96.3 Å². The summed E-state index contributed by atoms with van der Waals surface area (Å²) in [4.78, 5) is 10.8. The van der Waals surface area contributed by atoms with E-state index in [1.807, 2.05) is 18.2 Å². The fraction of sp³-hybridized carbons (Fsp3) is 0.273. The van der Waals surface area contributed by atoms with Gasteiger partial charge in [-0.2, -0.15) is 0 Å². The van der Waals surface area contributed by atoms with E-state index >= 15 is 0 Å². The van der Waals surface area contributed by atoms with Crippen LogP contribution in [0.2, 0.25) is 0 Å². The molecule has 1 aromatic heterocycles. The molecular weight excluding hydrogens is 224 g/mol. The first-order valence-electron chi connectivity index (χ1n) is 5.28. The summed E-state index contributed by atoms with van der Waals surface area (Å²) >= 11 is 0. The number of aromatic amines is 1. The molecule has 0 aliphatic carbocycles. The second kappa shape index (κ2) is 3.97. The Bertz CT molecular complexity index is 587. The van der Waals surface area contributed by atoms with Crippen LogP contribution in [0, 0.1) is 0 Å². The molecule has 3 rings (SSSR count). The molecule has 0 fully saturated rings. The standard InChI is InChI=1S/C11H10N2O4/c14-11-6-13(12-17-11)4-3-8-1-2-9-10(5-8)16-7-15-9/h1-2,5-6H,3-4,7H2/p+1. The van der Waals surface area contributed by atoms with Crippen LogP contribution in [0.1, 0.15) is 5.56 Å². The van der Waals surface area contributed by atoms with Gasteiger partial charge in [0.25, 0.3) is 6.20 Å². The molecule has 2 heterocycles. The summed E-state index contributed by atoms with van der Waals surface area (Å²) < 4.78 is 16.7. The number of H-pyrrole nitrogens is 1. The summed E-state index contributed by atoms with van der Waals surface area (Å²) in [6, 6.07) is 5.81. The van der Waals surface area contributed by atoms with Crippen LogP contribution in [0.4, 0.5) is 0 Å². The molecule has 1 aliphatic rings. The molecule has 0 atom stereocenters. The quantitative estimate of drug-likeness (QED) is 0.773. The molecule has 0 radical (unpaired) electrons. The van der Waals surface area contributed by atoms with Crippen molar-refractivity contribution in [2.24, 2.45) is 0 Å². The summed E-state index contributed by atoms with van der Waals surface area (Å²) in [5, 5.41) is 2.50. The summed E-state index contributed by atoms with van der Waals surface area (Å²) in [5.41, 5.74) is 0.736. The molecule has 0 unspecified atom stereocenters. The van der Waals surface area contributed by atoms with E-state index in [-0.39, 0.29) is 12.4 Å². The van der Waals surface area contributed by atoms with Gasteiger partial charge in [0, 0.05) is 6.42 Å². The first-order valence-corrected chi connectivity index (χ1v) is 5.28. The van der Waals surface area contributed by atoms with Gasteiger partial charge in [-0.3, -0.25) is 4.52 Å². The zero-order chi connectivity index (χ0) is 11.7. The van der Waals surface area contributed by atoms with Crippen molar-refractivity contribution in [3.8, 4) is 11.5 Å². The zero-order valence-corrected chi connectivity index (χ0v) is 9.01. The minimum atomic E-state index is -0.379. The lowest BCUT2D eigenvalue weighted by Crippen LogP contribution is -2.36. The molecule has 1 N–H and O–H groups in total. The second-order valence-corrected chi connectivity index (χ2v) is 3.77. The van der Waals surface area contributed by atoms with Gasteiger partial charge in [0.15, 0.2) is 18.0 Å². The van der Waals surface area contributed by atoms with Crippen molar-refractivity contribution in [1.82, 2.24) is 5.27 Å². The van der Waals surface area contributed by atoms with Crippen molar-refractivity contribution in [3.63, 3.8) is 0 Å². The molecule has 17 heavy (non-hydrogen) atoms. The van der Waals surface area contributed by atoms with Gasteiger partial charge in [-0.15, -0.1) is 0 Å². The van der Waals surface area contributed by atoms with Crippen LogP contribution in [-0.2, 0) is 13.0 Å². The van der Waals surface area contributed by atoms with Crippen LogP contribution in [0.15, 0.2) is 33.7 Å². The minimum absolute atomic E-state index is 0.280. The fourth-order valence-corrected chi connectivity index (χ4v) is 1.74. The largest absolute Gasteiger partial charge is 0.454 e. The number of hydrogen-bond acceptors (Lipinski definition) is 4. The number of ether oxygens (including phenoxy) is 2. The van der Waals surface area contributed by atoms with E-state index in [0.717, 1.165) is 23.5 Å². The number of aromatic nitrogens is 2. The molecule has 6 heteroatoms. The fourth-order valence-electron chi connectivity index (χ4n) is 1.74. The maximum atomic E-state index is 10.8. The monoisotopic (exact) mass is 235 g/mol. The predicted molar refractivity (Wildman–Crippen MR) is 55.8 cm³/mol. The number of rotatable bonds is 3. The number of nitrogens with one attached hydrogen (secondary N) is 1. The van der Waals surface area contributed by atoms with Crippen molar-refractivity contribution < 1.29 is 18.7 Å². The molecule has 2 aromatic rings. The topological polar surface area (TPSA) is 68.3 Å². The zero-order valence-electron chi connectivity index (χ0n) is 9.01. The molecule has 0 saturated heterocycles.